The normalized spacial score (nSPS) is 18.8. The van der Waals surface area contributed by atoms with E-state index in [0.29, 0.717) is 18.7 Å². The second-order valence-corrected chi connectivity index (χ2v) is 9.06. The van der Waals surface area contributed by atoms with Crippen molar-refractivity contribution in [2.24, 2.45) is 0 Å². The molecule has 0 atom stereocenters. The molecule has 0 aliphatic carbocycles. The zero-order valence-corrected chi connectivity index (χ0v) is 13.7. The van der Waals surface area contributed by atoms with Crippen LogP contribution in [0.5, 0.6) is 0 Å². The third kappa shape index (κ3) is 3.98. The Hall–Kier alpha value is -1.07. The average molecular weight is 326 g/mol. The van der Waals surface area contributed by atoms with Gasteiger partial charge in [0.25, 0.3) is 0 Å². The molecular weight excluding hydrogens is 308 g/mol. The van der Waals surface area contributed by atoms with Crippen molar-refractivity contribution in [3.63, 3.8) is 0 Å². The summed E-state index contributed by atoms with van der Waals surface area (Å²) < 4.78 is 26.8. The molecule has 1 aliphatic rings. The fourth-order valence-electron chi connectivity index (χ4n) is 2.10. The number of aliphatic hydroxyl groups excluding tert-OH is 1. The lowest BCUT2D eigenvalue weighted by Crippen LogP contribution is -2.46. The summed E-state index contributed by atoms with van der Waals surface area (Å²) in [5, 5.41) is 8.70. The van der Waals surface area contributed by atoms with Gasteiger partial charge in [-0.15, -0.1) is 0 Å². The van der Waals surface area contributed by atoms with Crippen LogP contribution in [0, 0.1) is 11.8 Å². The van der Waals surface area contributed by atoms with Crippen LogP contribution in [0.15, 0.2) is 23.4 Å². The Labute approximate surface area is 129 Å². The molecule has 1 saturated heterocycles. The number of hydrogen-bond donors (Lipinski definition) is 1. The Morgan fingerprint density at radius 1 is 1.48 bits per heavy atom. The molecular formula is C14H18N2O3S2. The highest BCUT2D eigenvalue weighted by Gasteiger charge is 2.34. The predicted octanol–water partition coefficient (Wildman–Crippen LogP) is 0.942. The molecule has 0 bridgehead atoms. The molecule has 1 aromatic rings. The van der Waals surface area contributed by atoms with Crippen LogP contribution in [0.1, 0.15) is 19.4 Å². The van der Waals surface area contributed by atoms with Gasteiger partial charge in [-0.05, 0) is 19.9 Å². The molecule has 0 saturated carbocycles. The molecule has 2 rings (SSSR count). The first-order chi connectivity index (χ1) is 9.85. The van der Waals surface area contributed by atoms with E-state index in [-0.39, 0.29) is 16.2 Å². The second kappa shape index (κ2) is 6.36. The smallest absolute Gasteiger partial charge is 0.244 e. The van der Waals surface area contributed by atoms with Crippen LogP contribution in [-0.2, 0) is 10.0 Å². The number of rotatable bonds is 2. The first-order valence-corrected chi connectivity index (χ1v) is 8.97. The highest BCUT2D eigenvalue weighted by molar-refractivity contribution is 8.00. The Morgan fingerprint density at radius 2 is 2.24 bits per heavy atom. The summed E-state index contributed by atoms with van der Waals surface area (Å²) in [5.41, 5.74) is 0.482. The van der Waals surface area contributed by atoms with Crippen LogP contribution >= 0.6 is 11.8 Å². The summed E-state index contributed by atoms with van der Waals surface area (Å²) in [5.74, 6) is 5.95. The lowest BCUT2D eigenvalue weighted by molar-refractivity contribution is 0.350. The highest BCUT2D eigenvalue weighted by Crippen LogP contribution is 2.32. The van der Waals surface area contributed by atoms with Crippen LogP contribution in [0.3, 0.4) is 0 Å². The number of sulfonamides is 1. The lowest BCUT2D eigenvalue weighted by Gasteiger charge is -2.36. The fraction of sp³-hybridized carbons (Fsp3) is 0.500. The molecule has 5 nitrogen and oxygen atoms in total. The van der Waals surface area contributed by atoms with Crippen LogP contribution in [0.2, 0.25) is 0 Å². The Morgan fingerprint density at radius 3 is 2.90 bits per heavy atom. The molecule has 2 heterocycles. The number of hydrogen-bond acceptors (Lipinski definition) is 5. The maximum atomic E-state index is 12.7. The molecule has 0 unspecified atom stereocenters. The van der Waals surface area contributed by atoms with E-state index >= 15 is 0 Å². The molecule has 21 heavy (non-hydrogen) atoms. The second-order valence-electron chi connectivity index (χ2n) is 5.32. The number of thioether (sulfide) groups is 1. The van der Waals surface area contributed by atoms with Crippen molar-refractivity contribution < 1.29 is 13.5 Å². The van der Waals surface area contributed by atoms with Crippen molar-refractivity contribution in [3.8, 4) is 11.8 Å². The van der Waals surface area contributed by atoms with Crippen molar-refractivity contribution in [2.45, 2.75) is 23.5 Å². The van der Waals surface area contributed by atoms with E-state index in [1.54, 1.807) is 11.8 Å². The van der Waals surface area contributed by atoms with Gasteiger partial charge in [0.2, 0.25) is 10.0 Å². The van der Waals surface area contributed by atoms with E-state index in [9.17, 15) is 8.42 Å². The van der Waals surface area contributed by atoms with Crippen molar-refractivity contribution in [3.05, 3.63) is 24.0 Å². The van der Waals surface area contributed by atoms with E-state index in [4.69, 9.17) is 5.11 Å². The standard InChI is InChI=1S/C14H18N2O3S2/c1-14(2)11-16(5-7-20-14)21(18,19)13-8-12(4-3-6-17)9-15-10-13/h8-10,17H,5-7,11H2,1-2H3. The molecule has 1 fully saturated rings. The third-order valence-corrected chi connectivity index (χ3v) is 6.16. The average Bonchev–Trinajstić information content (AvgIpc) is 2.44. The number of pyridine rings is 1. The summed E-state index contributed by atoms with van der Waals surface area (Å²) in [7, 11) is -3.55. The summed E-state index contributed by atoms with van der Waals surface area (Å²) in [4.78, 5) is 4.09. The van der Waals surface area contributed by atoms with Crippen LogP contribution in [0.4, 0.5) is 0 Å². The van der Waals surface area contributed by atoms with E-state index in [1.807, 2.05) is 13.8 Å². The van der Waals surface area contributed by atoms with Gasteiger partial charge >= 0.3 is 0 Å². The van der Waals surface area contributed by atoms with Gasteiger partial charge in [0.05, 0.1) is 0 Å². The molecule has 7 heteroatoms. The van der Waals surface area contributed by atoms with Crippen LogP contribution < -0.4 is 0 Å². The number of aromatic nitrogens is 1. The molecule has 1 aliphatic heterocycles. The predicted molar refractivity (Wildman–Crippen MR) is 83.5 cm³/mol. The highest BCUT2D eigenvalue weighted by atomic mass is 32.2. The van der Waals surface area contributed by atoms with Gasteiger partial charge in [0.1, 0.15) is 11.5 Å². The van der Waals surface area contributed by atoms with Crippen molar-refractivity contribution in [1.29, 1.82) is 0 Å². The summed E-state index contributed by atoms with van der Waals surface area (Å²) in [6, 6.07) is 1.50. The molecule has 0 radical (unpaired) electrons. The first kappa shape index (κ1) is 16.3. The van der Waals surface area contributed by atoms with Gasteiger partial charge in [0.15, 0.2) is 0 Å². The van der Waals surface area contributed by atoms with E-state index < -0.39 is 10.0 Å². The largest absolute Gasteiger partial charge is 0.384 e. The zero-order chi connectivity index (χ0) is 15.5. The SMILES string of the molecule is CC1(C)CN(S(=O)(=O)c2cncc(C#CCO)c2)CCS1. The molecule has 0 amide bonds. The van der Waals surface area contributed by atoms with Gasteiger partial charge in [-0.3, -0.25) is 4.98 Å². The Balaban J connectivity index is 2.31. The quantitative estimate of drug-likeness (QED) is 0.819. The molecule has 0 spiro atoms. The summed E-state index contributed by atoms with van der Waals surface area (Å²) in [6.07, 6.45) is 2.83. The fourth-order valence-corrected chi connectivity index (χ4v) is 5.00. The van der Waals surface area contributed by atoms with E-state index in [1.165, 1.54) is 22.8 Å². The van der Waals surface area contributed by atoms with Crippen molar-refractivity contribution in [1.82, 2.24) is 9.29 Å². The minimum Gasteiger partial charge on any atom is -0.384 e. The molecule has 1 N–H and O–H groups in total. The van der Waals surface area contributed by atoms with E-state index in [0.717, 1.165) is 5.75 Å². The summed E-state index contributed by atoms with van der Waals surface area (Å²) in [6.45, 7) is 4.80. The maximum absolute atomic E-state index is 12.7. The first-order valence-electron chi connectivity index (χ1n) is 6.54. The maximum Gasteiger partial charge on any atom is 0.244 e. The zero-order valence-electron chi connectivity index (χ0n) is 12.0. The minimum atomic E-state index is -3.55. The van der Waals surface area contributed by atoms with Crippen LogP contribution in [0.25, 0.3) is 0 Å². The number of aliphatic hydroxyl groups is 1. The Kier molecular flexibility index (Phi) is 4.94. The van der Waals surface area contributed by atoms with E-state index in [2.05, 4.69) is 16.8 Å². The molecule has 0 aromatic carbocycles. The van der Waals surface area contributed by atoms with Gasteiger partial charge in [0, 0.05) is 41.5 Å². The van der Waals surface area contributed by atoms with Crippen molar-refractivity contribution in [2.75, 3.05) is 25.4 Å². The summed E-state index contributed by atoms with van der Waals surface area (Å²) >= 11 is 1.78. The minimum absolute atomic E-state index is 0.0902. The molecule has 1 aromatic heterocycles. The third-order valence-electron chi connectivity index (χ3n) is 3.05. The van der Waals surface area contributed by atoms with Gasteiger partial charge in [-0.2, -0.15) is 16.1 Å². The van der Waals surface area contributed by atoms with Gasteiger partial charge in [-0.25, -0.2) is 8.42 Å². The van der Waals surface area contributed by atoms with Crippen LogP contribution in [-0.4, -0.2) is 53.0 Å². The lowest BCUT2D eigenvalue weighted by atomic mass is 10.2. The number of nitrogens with zero attached hydrogens (tertiary/aromatic N) is 2. The topological polar surface area (TPSA) is 70.5 Å². The van der Waals surface area contributed by atoms with Crippen molar-refractivity contribution >= 4 is 21.8 Å². The Bertz CT molecular complexity index is 675. The monoisotopic (exact) mass is 326 g/mol. The van der Waals surface area contributed by atoms with Gasteiger partial charge < -0.3 is 5.11 Å². The molecule has 114 valence electrons. The van der Waals surface area contributed by atoms with Gasteiger partial charge in [-0.1, -0.05) is 11.8 Å².